The van der Waals surface area contributed by atoms with Gasteiger partial charge in [-0.15, -0.1) is 0 Å². The molecule has 1 N–H and O–H groups in total. The van der Waals surface area contributed by atoms with Crippen LogP contribution in [-0.2, 0) is 4.79 Å². The van der Waals surface area contributed by atoms with Crippen molar-refractivity contribution in [3.63, 3.8) is 0 Å². The predicted octanol–water partition coefficient (Wildman–Crippen LogP) is 2.08. The quantitative estimate of drug-likeness (QED) is 0.799. The molecule has 0 bridgehead atoms. The fourth-order valence-corrected chi connectivity index (χ4v) is 1.94. The van der Waals surface area contributed by atoms with Crippen molar-refractivity contribution in [3.05, 3.63) is 0 Å². The molecular formula is C13H26N2O. The number of hydrogen-bond acceptors (Lipinski definition) is 2. The molecule has 0 saturated carbocycles. The molecule has 0 spiro atoms. The number of hydrogen-bond donors (Lipinski definition) is 1. The minimum Gasteiger partial charge on any atom is -0.326 e. The van der Waals surface area contributed by atoms with Crippen molar-refractivity contribution in [1.29, 1.82) is 0 Å². The molecule has 1 amide bonds. The highest BCUT2D eigenvalue weighted by Crippen LogP contribution is 2.27. The van der Waals surface area contributed by atoms with Crippen LogP contribution in [0, 0.1) is 17.3 Å². The number of amides is 1. The topological polar surface area (TPSA) is 32.3 Å². The van der Waals surface area contributed by atoms with E-state index in [9.17, 15) is 4.79 Å². The lowest BCUT2D eigenvalue weighted by atomic mass is 9.81. The van der Waals surface area contributed by atoms with Crippen LogP contribution in [0.5, 0.6) is 0 Å². The molecule has 2 atom stereocenters. The van der Waals surface area contributed by atoms with Crippen molar-refractivity contribution in [2.45, 2.75) is 47.7 Å². The van der Waals surface area contributed by atoms with E-state index in [4.69, 9.17) is 0 Å². The highest BCUT2D eigenvalue weighted by molar-refractivity contribution is 5.80. The maximum absolute atomic E-state index is 11.8. The first-order valence-electron chi connectivity index (χ1n) is 6.26. The van der Waals surface area contributed by atoms with Crippen LogP contribution in [-0.4, -0.2) is 30.1 Å². The predicted molar refractivity (Wildman–Crippen MR) is 67.0 cm³/mol. The molecule has 0 aromatic carbocycles. The number of rotatable bonds is 3. The summed E-state index contributed by atoms with van der Waals surface area (Å²) in [6, 6.07) is 0. The molecule has 3 heteroatoms. The third-order valence-electron chi connectivity index (χ3n) is 3.70. The Bertz CT molecular complexity index is 255. The summed E-state index contributed by atoms with van der Waals surface area (Å²) in [5, 5.41) is 3.29. The van der Waals surface area contributed by atoms with Gasteiger partial charge < -0.3 is 4.90 Å². The molecule has 1 saturated heterocycles. The molecule has 3 nitrogen and oxygen atoms in total. The summed E-state index contributed by atoms with van der Waals surface area (Å²) in [6.07, 6.45) is 0.220. The number of carbonyl (C=O) groups is 1. The van der Waals surface area contributed by atoms with E-state index >= 15 is 0 Å². The molecule has 1 fully saturated rings. The van der Waals surface area contributed by atoms with E-state index in [1.54, 1.807) is 0 Å². The van der Waals surface area contributed by atoms with E-state index in [0.717, 1.165) is 6.54 Å². The van der Waals surface area contributed by atoms with Crippen molar-refractivity contribution in [3.8, 4) is 0 Å². The van der Waals surface area contributed by atoms with E-state index in [-0.39, 0.29) is 17.5 Å². The van der Waals surface area contributed by atoms with Gasteiger partial charge in [0.15, 0.2) is 0 Å². The first-order chi connectivity index (χ1) is 7.23. The van der Waals surface area contributed by atoms with Gasteiger partial charge in [0.05, 0.1) is 12.7 Å². The standard InChI is InChI=1S/C13H26N2O/c1-9(2)12-14-7-11(16)15(12)8-10(3)13(4,5)6/h9-10,12,14H,7-8H2,1-6H3. The first kappa shape index (κ1) is 13.5. The molecule has 1 aliphatic rings. The first-order valence-corrected chi connectivity index (χ1v) is 6.26. The minimum atomic E-state index is 0.220. The third kappa shape index (κ3) is 2.97. The van der Waals surface area contributed by atoms with Gasteiger partial charge >= 0.3 is 0 Å². The Balaban J connectivity index is 2.67. The van der Waals surface area contributed by atoms with Gasteiger partial charge in [0, 0.05) is 6.54 Å². The molecule has 0 aromatic rings. The average Bonchev–Trinajstić information content (AvgIpc) is 2.46. The summed E-state index contributed by atoms with van der Waals surface area (Å²) in [6.45, 7) is 14.6. The van der Waals surface area contributed by atoms with Gasteiger partial charge in [0.1, 0.15) is 0 Å². The van der Waals surface area contributed by atoms with E-state index in [1.165, 1.54) is 0 Å². The summed E-state index contributed by atoms with van der Waals surface area (Å²) in [4.78, 5) is 13.8. The number of carbonyl (C=O) groups excluding carboxylic acids is 1. The number of nitrogens with zero attached hydrogens (tertiary/aromatic N) is 1. The molecule has 94 valence electrons. The van der Waals surface area contributed by atoms with Gasteiger partial charge in [0.2, 0.25) is 5.91 Å². The van der Waals surface area contributed by atoms with Crippen LogP contribution in [0.3, 0.4) is 0 Å². The summed E-state index contributed by atoms with van der Waals surface area (Å²) >= 11 is 0. The fraction of sp³-hybridized carbons (Fsp3) is 0.923. The Morgan fingerprint density at radius 1 is 1.38 bits per heavy atom. The third-order valence-corrected chi connectivity index (χ3v) is 3.70. The van der Waals surface area contributed by atoms with Crippen molar-refractivity contribution < 1.29 is 4.79 Å². The van der Waals surface area contributed by atoms with Gasteiger partial charge in [-0.25, -0.2) is 0 Å². The molecule has 0 aromatic heterocycles. The zero-order valence-corrected chi connectivity index (χ0v) is 11.5. The fourth-order valence-electron chi connectivity index (χ4n) is 1.94. The molecule has 1 rings (SSSR count). The zero-order chi connectivity index (χ0) is 12.5. The van der Waals surface area contributed by atoms with Crippen molar-refractivity contribution in [1.82, 2.24) is 10.2 Å². The Labute approximate surface area is 99.6 Å². The van der Waals surface area contributed by atoms with Crippen LogP contribution in [0.1, 0.15) is 41.5 Å². The Morgan fingerprint density at radius 2 is 1.94 bits per heavy atom. The van der Waals surface area contributed by atoms with E-state index in [2.05, 4.69) is 46.9 Å². The van der Waals surface area contributed by atoms with Gasteiger partial charge in [-0.3, -0.25) is 10.1 Å². The normalized spacial score (nSPS) is 24.3. The molecule has 16 heavy (non-hydrogen) atoms. The van der Waals surface area contributed by atoms with Gasteiger partial charge in [-0.1, -0.05) is 41.5 Å². The Hall–Kier alpha value is -0.570. The van der Waals surface area contributed by atoms with Gasteiger partial charge in [-0.2, -0.15) is 0 Å². The smallest absolute Gasteiger partial charge is 0.237 e. The minimum absolute atomic E-state index is 0.220. The average molecular weight is 226 g/mol. The van der Waals surface area contributed by atoms with Crippen LogP contribution < -0.4 is 5.32 Å². The Kier molecular flexibility index (Phi) is 4.00. The zero-order valence-electron chi connectivity index (χ0n) is 11.5. The van der Waals surface area contributed by atoms with E-state index in [0.29, 0.717) is 18.4 Å². The Morgan fingerprint density at radius 3 is 2.38 bits per heavy atom. The molecule has 1 heterocycles. The van der Waals surface area contributed by atoms with Gasteiger partial charge in [0.25, 0.3) is 0 Å². The van der Waals surface area contributed by atoms with Crippen LogP contribution >= 0.6 is 0 Å². The van der Waals surface area contributed by atoms with E-state index < -0.39 is 0 Å². The van der Waals surface area contributed by atoms with Crippen molar-refractivity contribution in [2.24, 2.45) is 17.3 Å². The van der Waals surface area contributed by atoms with Crippen LogP contribution in [0.2, 0.25) is 0 Å². The highest BCUT2D eigenvalue weighted by atomic mass is 16.2. The van der Waals surface area contributed by atoms with Crippen molar-refractivity contribution in [2.75, 3.05) is 13.1 Å². The van der Waals surface area contributed by atoms with Crippen LogP contribution in [0.4, 0.5) is 0 Å². The highest BCUT2D eigenvalue weighted by Gasteiger charge is 2.35. The molecular weight excluding hydrogens is 200 g/mol. The molecule has 1 aliphatic heterocycles. The second kappa shape index (κ2) is 4.74. The lowest BCUT2D eigenvalue weighted by Gasteiger charge is -2.35. The largest absolute Gasteiger partial charge is 0.326 e. The van der Waals surface area contributed by atoms with Gasteiger partial charge in [-0.05, 0) is 17.3 Å². The summed E-state index contributed by atoms with van der Waals surface area (Å²) in [5.41, 5.74) is 0.254. The molecule has 0 aliphatic carbocycles. The summed E-state index contributed by atoms with van der Waals surface area (Å²) < 4.78 is 0. The lowest BCUT2D eigenvalue weighted by Crippen LogP contribution is -2.45. The molecule has 0 radical (unpaired) electrons. The summed E-state index contributed by atoms with van der Waals surface area (Å²) in [7, 11) is 0. The maximum Gasteiger partial charge on any atom is 0.237 e. The van der Waals surface area contributed by atoms with E-state index in [1.807, 2.05) is 4.90 Å². The maximum atomic E-state index is 11.8. The number of nitrogens with one attached hydrogen (secondary N) is 1. The van der Waals surface area contributed by atoms with Crippen molar-refractivity contribution >= 4 is 5.91 Å². The van der Waals surface area contributed by atoms with Crippen LogP contribution in [0.25, 0.3) is 0 Å². The SMILES string of the molecule is CC(C)C1NCC(=O)N1CC(C)C(C)(C)C. The monoisotopic (exact) mass is 226 g/mol. The second-order valence-corrected chi connectivity index (χ2v) is 6.38. The summed E-state index contributed by atoms with van der Waals surface area (Å²) in [5.74, 6) is 1.23. The van der Waals surface area contributed by atoms with Crippen LogP contribution in [0.15, 0.2) is 0 Å². The molecule has 2 unspecified atom stereocenters. The lowest BCUT2D eigenvalue weighted by molar-refractivity contribution is -0.129. The second-order valence-electron chi connectivity index (χ2n) is 6.38.